The van der Waals surface area contributed by atoms with Gasteiger partial charge in [0.05, 0.1) is 11.1 Å². The molecule has 0 aliphatic carbocycles. The van der Waals surface area contributed by atoms with Gasteiger partial charge in [0.15, 0.2) is 0 Å². The Morgan fingerprint density at radius 2 is 0.947 bits per heavy atom. The first-order valence-corrected chi connectivity index (χ1v) is 11.8. The second-order valence-corrected chi connectivity index (χ2v) is 8.54. The molecule has 0 aliphatic rings. The van der Waals surface area contributed by atoms with E-state index in [0.717, 1.165) is 24.3 Å². The van der Waals surface area contributed by atoms with Crippen LogP contribution in [-0.2, 0) is 12.4 Å². The van der Waals surface area contributed by atoms with Crippen molar-refractivity contribution in [2.75, 3.05) is 0 Å². The molecule has 0 amide bonds. The van der Waals surface area contributed by atoms with Gasteiger partial charge in [-0.15, -0.1) is 0 Å². The van der Waals surface area contributed by atoms with E-state index >= 15 is 0 Å². The first-order chi connectivity index (χ1) is 17.8. The standard InChI is InChI=1S/C28H20F6O2.C2H6/c1-15-3-8-21(23(11-15)27(29,30)31)22-10-7-19(12-24(22)28(32,33)34)20-9-6-18(14-26(20)36)17-5-4-16(2)25(35)13-17;1-2/h3-14,35-36H,1-2H3;1-2H3. The molecule has 0 aliphatic heterocycles. The zero-order chi connectivity index (χ0) is 28.4. The average Bonchev–Trinajstić information content (AvgIpc) is 2.85. The van der Waals surface area contributed by atoms with E-state index in [1.165, 1.54) is 37.3 Å². The van der Waals surface area contributed by atoms with Crippen LogP contribution in [0.1, 0.15) is 36.1 Å². The largest absolute Gasteiger partial charge is 0.508 e. The molecule has 0 fully saturated rings. The minimum Gasteiger partial charge on any atom is -0.508 e. The van der Waals surface area contributed by atoms with Crippen molar-refractivity contribution >= 4 is 0 Å². The van der Waals surface area contributed by atoms with Gasteiger partial charge in [-0.25, -0.2) is 0 Å². The summed E-state index contributed by atoms with van der Waals surface area (Å²) in [4.78, 5) is 0. The minimum atomic E-state index is -4.95. The number of benzene rings is 4. The number of alkyl halides is 6. The van der Waals surface area contributed by atoms with Gasteiger partial charge in [-0.2, -0.15) is 26.3 Å². The first kappa shape index (κ1) is 28.6. The fourth-order valence-electron chi connectivity index (χ4n) is 4.05. The van der Waals surface area contributed by atoms with E-state index in [-0.39, 0.29) is 28.2 Å². The number of hydrogen-bond acceptors (Lipinski definition) is 2. The van der Waals surface area contributed by atoms with E-state index < -0.39 is 34.6 Å². The van der Waals surface area contributed by atoms with Gasteiger partial charge in [-0.1, -0.05) is 67.9 Å². The molecule has 0 spiro atoms. The molecule has 4 aromatic carbocycles. The number of aromatic hydroxyl groups is 2. The molecular weight excluding hydrogens is 506 g/mol. The Bertz CT molecular complexity index is 1450. The Labute approximate surface area is 216 Å². The topological polar surface area (TPSA) is 40.5 Å². The summed E-state index contributed by atoms with van der Waals surface area (Å²) in [5, 5.41) is 20.5. The number of phenols is 2. The van der Waals surface area contributed by atoms with Crippen molar-refractivity contribution in [3.8, 4) is 44.9 Å². The normalized spacial score (nSPS) is 11.6. The Balaban J connectivity index is 0.00000195. The molecule has 0 saturated heterocycles. The van der Waals surface area contributed by atoms with Crippen LogP contribution in [-0.4, -0.2) is 10.2 Å². The smallest absolute Gasteiger partial charge is 0.417 e. The summed E-state index contributed by atoms with van der Waals surface area (Å²) >= 11 is 0. The molecule has 38 heavy (non-hydrogen) atoms. The highest BCUT2D eigenvalue weighted by Crippen LogP contribution is 2.45. The predicted molar refractivity (Wildman–Crippen MR) is 137 cm³/mol. The summed E-state index contributed by atoms with van der Waals surface area (Å²) in [5.74, 6) is -0.268. The van der Waals surface area contributed by atoms with Crippen molar-refractivity contribution in [2.24, 2.45) is 0 Å². The van der Waals surface area contributed by atoms with Gasteiger partial charge >= 0.3 is 12.4 Å². The number of aryl methyl sites for hydroxylation is 2. The van der Waals surface area contributed by atoms with E-state index in [2.05, 4.69) is 0 Å². The monoisotopic (exact) mass is 532 g/mol. The lowest BCUT2D eigenvalue weighted by Gasteiger charge is -2.19. The highest BCUT2D eigenvalue weighted by Gasteiger charge is 2.38. The van der Waals surface area contributed by atoms with Gasteiger partial charge < -0.3 is 10.2 Å². The summed E-state index contributed by atoms with van der Waals surface area (Å²) in [6.45, 7) is 7.15. The third-order valence-electron chi connectivity index (χ3n) is 5.95. The summed E-state index contributed by atoms with van der Waals surface area (Å²) in [7, 11) is 0. The molecule has 0 unspecified atom stereocenters. The quantitative estimate of drug-likeness (QED) is 0.258. The highest BCUT2D eigenvalue weighted by molar-refractivity contribution is 5.81. The van der Waals surface area contributed by atoms with Crippen molar-refractivity contribution < 1.29 is 36.6 Å². The van der Waals surface area contributed by atoms with Gasteiger partial charge in [0.25, 0.3) is 0 Å². The third kappa shape index (κ3) is 5.96. The van der Waals surface area contributed by atoms with Crippen molar-refractivity contribution in [3.63, 3.8) is 0 Å². The molecule has 0 atom stereocenters. The molecule has 8 heteroatoms. The molecule has 0 saturated carbocycles. The van der Waals surface area contributed by atoms with Gasteiger partial charge in [-0.3, -0.25) is 0 Å². The highest BCUT2D eigenvalue weighted by atomic mass is 19.4. The number of phenolic OH excluding ortho intramolecular Hbond substituents is 2. The van der Waals surface area contributed by atoms with Crippen LogP contribution in [0.3, 0.4) is 0 Å². The van der Waals surface area contributed by atoms with Crippen LogP contribution in [0.15, 0.2) is 72.8 Å². The number of hydrogen-bond donors (Lipinski definition) is 2. The SMILES string of the molecule is CC.Cc1ccc(-c2ccc(-c3ccc(-c4ccc(C)c(O)c4)cc3O)cc2C(F)(F)F)c(C(F)(F)F)c1. The molecule has 200 valence electrons. The maximum absolute atomic E-state index is 14.0. The van der Waals surface area contributed by atoms with Crippen molar-refractivity contribution in [1.82, 2.24) is 0 Å². The van der Waals surface area contributed by atoms with Crippen LogP contribution >= 0.6 is 0 Å². The van der Waals surface area contributed by atoms with Crippen LogP contribution in [0.4, 0.5) is 26.3 Å². The maximum Gasteiger partial charge on any atom is 0.417 e. The average molecular weight is 533 g/mol. The fraction of sp³-hybridized carbons (Fsp3) is 0.200. The van der Waals surface area contributed by atoms with Crippen LogP contribution in [0.25, 0.3) is 33.4 Å². The van der Waals surface area contributed by atoms with E-state index in [4.69, 9.17) is 0 Å². The van der Waals surface area contributed by atoms with Gasteiger partial charge in [0, 0.05) is 5.56 Å². The van der Waals surface area contributed by atoms with Crippen molar-refractivity contribution in [1.29, 1.82) is 0 Å². The molecule has 0 radical (unpaired) electrons. The van der Waals surface area contributed by atoms with Crippen LogP contribution in [0, 0.1) is 13.8 Å². The lowest BCUT2D eigenvalue weighted by Crippen LogP contribution is -2.12. The second-order valence-electron chi connectivity index (χ2n) is 8.54. The molecule has 4 aromatic rings. The Kier molecular flexibility index (Phi) is 8.15. The van der Waals surface area contributed by atoms with E-state index in [9.17, 15) is 36.6 Å². The van der Waals surface area contributed by atoms with Crippen LogP contribution in [0.2, 0.25) is 0 Å². The predicted octanol–water partition coefficient (Wildman–Crippen LogP) is 9.78. The molecule has 0 bridgehead atoms. The molecule has 0 aromatic heterocycles. The Morgan fingerprint density at radius 1 is 0.500 bits per heavy atom. The molecule has 2 nitrogen and oxygen atoms in total. The van der Waals surface area contributed by atoms with Crippen LogP contribution in [0.5, 0.6) is 11.5 Å². The molecule has 0 heterocycles. The summed E-state index contributed by atoms with van der Waals surface area (Å²) in [6, 6.07) is 15.4. The Morgan fingerprint density at radius 3 is 1.47 bits per heavy atom. The summed E-state index contributed by atoms with van der Waals surface area (Å²) in [6.07, 6.45) is -9.80. The van der Waals surface area contributed by atoms with E-state index in [1.54, 1.807) is 25.1 Å². The van der Waals surface area contributed by atoms with Gasteiger partial charge in [0.2, 0.25) is 0 Å². The van der Waals surface area contributed by atoms with E-state index in [0.29, 0.717) is 16.7 Å². The first-order valence-electron chi connectivity index (χ1n) is 11.8. The minimum absolute atomic E-state index is 0.0115. The Hall–Kier alpha value is -3.94. The van der Waals surface area contributed by atoms with Crippen LogP contribution < -0.4 is 0 Å². The zero-order valence-corrected chi connectivity index (χ0v) is 21.1. The van der Waals surface area contributed by atoms with E-state index in [1.807, 2.05) is 13.8 Å². The van der Waals surface area contributed by atoms with Crippen molar-refractivity contribution in [3.05, 3.63) is 95.1 Å². The van der Waals surface area contributed by atoms with Gasteiger partial charge in [0.1, 0.15) is 11.5 Å². The summed E-state index contributed by atoms with van der Waals surface area (Å²) in [5.41, 5.74) is -1.50. The maximum atomic E-state index is 14.0. The summed E-state index contributed by atoms with van der Waals surface area (Å²) < 4.78 is 83.0. The molecule has 2 N–H and O–H groups in total. The lowest BCUT2D eigenvalue weighted by molar-refractivity contribution is -0.139. The third-order valence-corrected chi connectivity index (χ3v) is 5.95. The molecular formula is C30H26F6O2. The number of halogens is 6. The lowest BCUT2D eigenvalue weighted by atomic mass is 9.90. The van der Waals surface area contributed by atoms with Crippen molar-refractivity contribution in [2.45, 2.75) is 40.0 Å². The fourth-order valence-corrected chi connectivity index (χ4v) is 4.05. The van der Waals surface area contributed by atoms with Gasteiger partial charge in [-0.05, 0) is 71.5 Å². The molecule has 4 rings (SSSR count). The number of rotatable bonds is 3. The zero-order valence-electron chi connectivity index (χ0n) is 21.1. The second kappa shape index (κ2) is 10.8.